The van der Waals surface area contributed by atoms with Crippen LogP contribution in [0.15, 0.2) is 36.7 Å². The van der Waals surface area contributed by atoms with E-state index < -0.39 is 11.9 Å². The van der Waals surface area contributed by atoms with Gasteiger partial charge in [-0.25, -0.2) is 4.68 Å². The second-order valence-electron chi connectivity index (χ2n) is 5.94. The van der Waals surface area contributed by atoms with Gasteiger partial charge in [-0.15, -0.1) is 0 Å². The first-order valence-electron chi connectivity index (χ1n) is 7.68. The number of aryl methyl sites for hydroxylation is 1. The molecule has 120 valence electrons. The van der Waals surface area contributed by atoms with E-state index in [1.54, 1.807) is 27.9 Å². The van der Waals surface area contributed by atoms with Crippen LogP contribution in [-0.4, -0.2) is 44.8 Å². The third-order valence-electron chi connectivity index (χ3n) is 4.15. The van der Waals surface area contributed by atoms with E-state index in [4.69, 9.17) is 5.11 Å². The molecule has 1 fully saturated rings. The molecule has 0 radical (unpaired) electrons. The van der Waals surface area contributed by atoms with Crippen LogP contribution in [0.2, 0.25) is 0 Å². The zero-order chi connectivity index (χ0) is 16.4. The van der Waals surface area contributed by atoms with Crippen LogP contribution in [0.4, 0.5) is 0 Å². The van der Waals surface area contributed by atoms with Crippen LogP contribution >= 0.6 is 0 Å². The Kier molecular flexibility index (Phi) is 4.14. The van der Waals surface area contributed by atoms with Crippen molar-refractivity contribution in [1.82, 2.24) is 14.7 Å². The zero-order valence-corrected chi connectivity index (χ0v) is 13.0. The summed E-state index contributed by atoms with van der Waals surface area (Å²) >= 11 is 0. The number of carboxylic acid groups (broad SMARTS) is 1. The van der Waals surface area contributed by atoms with Crippen LogP contribution in [0.25, 0.3) is 5.69 Å². The molecule has 1 aliphatic heterocycles. The van der Waals surface area contributed by atoms with Gasteiger partial charge < -0.3 is 10.0 Å². The van der Waals surface area contributed by atoms with Crippen molar-refractivity contribution in [2.24, 2.45) is 5.92 Å². The lowest BCUT2D eigenvalue weighted by atomic mass is 9.97. The number of benzene rings is 1. The number of hydrogen-bond donors (Lipinski definition) is 1. The van der Waals surface area contributed by atoms with Crippen LogP contribution in [-0.2, 0) is 4.79 Å². The molecule has 1 amide bonds. The van der Waals surface area contributed by atoms with Crippen molar-refractivity contribution in [3.63, 3.8) is 0 Å². The van der Waals surface area contributed by atoms with E-state index >= 15 is 0 Å². The van der Waals surface area contributed by atoms with Crippen molar-refractivity contribution >= 4 is 11.9 Å². The first-order valence-corrected chi connectivity index (χ1v) is 7.68. The Balaban J connectivity index is 1.74. The minimum atomic E-state index is -0.827. The standard InChI is InChI=1S/C17H19N3O3/c1-12-9-18-20(10-12)15-6-4-13(5-7-15)16(21)19-8-2-3-14(11-19)17(22)23/h4-7,9-10,14H,2-3,8,11H2,1H3,(H,22,23). The minimum Gasteiger partial charge on any atom is -0.481 e. The minimum absolute atomic E-state index is 0.112. The van der Waals surface area contributed by atoms with Crippen molar-refractivity contribution in [3.8, 4) is 5.69 Å². The van der Waals surface area contributed by atoms with Gasteiger partial charge in [0.25, 0.3) is 5.91 Å². The third kappa shape index (κ3) is 3.26. The molecule has 1 N–H and O–H groups in total. The summed E-state index contributed by atoms with van der Waals surface area (Å²) in [6.45, 7) is 2.87. The summed E-state index contributed by atoms with van der Waals surface area (Å²) in [5, 5.41) is 13.4. The molecule has 0 aliphatic carbocycles. The Bertz CT molecular complexity index is 721. The van der Waals surface area contributed by atoms with Crippen LogP contribution < -0.4 is 0 Å². The maximum atomic E-state index is 12.5. The Hall–Kier alpha value is -2.63. The number of hydrogen-bond acceptors (Lipinski definition) is 3. The number of carbonyl (C=O) groups is 2. The van der Waals surface area contributed by atoms with Crippen molar-refractivity contribution in [2.75, 3.05) is 13.1 Å². The maximum Gasteiger partial charge on any atom is 0.308 e. The topological polar surface area (TPSA) is 75.4 Å². The monoisotopic (exact) mass is 313 g/mol. The highest BCUT2D eigenvalue weighted by Crippen LogP contribution is 2.19. The number of rotatable bonds is 3. The molecule has 6 nitrogen and oxygen atoms in total. The first kappa shape index (κ1) is 15.3. The Morgan fingerprint density at radius 3 is 2.61 bits per heavy atom. The van der Waals surface area contributed by atoms with Gasteiger partial charge in [-0.3, -0.25) is 9.59 Å². The molecule has 2 heterocycles. The lowest BCUT2D eigenvalue weighted by Gasteiger charge is -2.30. The van der Waals surface area contributed by atoms with E-state index in [2.05, 4.69) is 5.10 Å². The molecule has 0 bridgehead atoms. The van der Waals surface area contributed by atoms with E-state index in [-0.39, 0.29) is 12.5 Å². The lowest BCUT2D eigenvalue weighted by Crippen LogP contribution is -2.42. The summed E-state index contributed by atoms with van der Waals surface area (Å²) in [6.07, 6.45) is 5.06. The summed E-state index contributed by atoms with van der Waals surface area (Å²) in [5.74, 6) is -1.40. The molecule has 23 heavy (non-hydrogen) atoms. The van der Waals surface area contributed by atoms with Gasteiger partial charge in [0.1, 0.15) is 0 Å². The molecule has 1 aliphatic rings. The van der Waals surface area contributed by atoms with E-state index in [1.165, 1.54) is 0 Å². The number of piperidine rings is 1. The zero-order valence-electron chi connectivity index (χ0n) is 13.0. The lowest BCUT2D eigenvalue weighted by molar-refractivity contribution is -0.143. The number of aliphatic carboxylic acids is 1. The van der Waals surface area contributed by atoms with Crippen LogP contribution in [0, 0.1) is 12.8 Å². The Labute approximate surface area is 134 Å². The molecule has 1 saturated heterocycles. The van der Waals surface area contributed by atoms with Gasteiger partial charge in [-0.1, -0.05) is 0 Å². The molecule has 3 rings (SSSR count). The molecule has 1 atom stereocenters. The van der Waals surface area contributed by atoms with Crippen LogP contribution in [0.1, 0.15) is 28.8 Å². The number of likely N-dealkylation sites (tertiary alicyclic amines) is 1. The van der Waals surface area contributed by atoms with Gasteiger partial charge in [-0.05, 0) is 49.6 Å². The smallest absolute Gasteiger partial charge is 0.308 e. The van der Waals surface area contributed by atoms with Crippen LogP contribution in [0.5, 0.6) is 0 Å². The number of amides is 1. The largest absolute Gasteiger partial charge is 0.481 e. The molecule has 1 aromatic carbocycles. The average molecular weight is 313 g/mol. The second kappa shape index (κ2) is 6.24. The molecule has 1 aromatic heterocycles. The normalized spacial score (nSPS) is 18.0. The number of nitrogens with zero attached hydrogens (tertiary/aromatic N) is 3. The SMILES string of the molecule is Cc1cnn(-c2ccc(C(=O)N3CCCC(C(=O)O)C3)cc2)c1. The molecule has 0 spiro atoms. The van der Waals surface area contributed by atoms with E-state index in [1.807, 2.05) is 25.3 Å². The molecular weight excluding hydrogens is 294 g/mol. The summed E-state index contributed by atoms with van der Waals surface area (Å²) in [6, 6.07) is 7.22. The second-order valence-corrected chi connectivity index (χ2v) is 5.94. The predicted molar refractivity (Wildman–Crippen MR) is 84.6 cm³/mol. The molecular formula is C17H19N3O3. The fourth-order valence-corrected chi connectivity index (χ4v) is 2.86. The van der Waals surface area contributed by atoms with Gasteiger partial charge in [0.05, 0.1) is 17.8 Å². The summed E-state index contributed by atoms with van der Waals surface area (Å²) < 4.78 is 1.75. The Morgan fingerprint density at radius 1 is 1.26 bits per heavy atom. The van der Waals surface area contributed by atoms with Crippen molar-refractivity contribution < 1.29 is 14.7 Å². The first-order chi connectivity index (χ1) is 11.0. The van der Waals surface area contributed by atoms with Crippen molar-refractivity contribution in [1.29, 1.82) is 0 Å². The number of aromatic nitrogens is 2. The quantitative estimate of drug-likeness (QED) is 0.942. The van der Waals surface area contributed by atoms with Gasteiger partial charge in [0.15, 0.2) is 0 Å². The van der Waals surface area contributed by atoms with Gasteiger partial charge in [0, 0.05) is 24.8 Å². The predicted octanol–water partition coefficient (Wildman–Crippen LogP) is 2.12. The molecule has 6 heteroatoms. The highest BCUT2D eigenvalue weighted by Gasteiger charge is 2.28. The van der Waals surface area contributed by atoms with Gasteiger partial charge in [-0.2, -0.15) is 5.10 Å². The average Bonchev–Trinajstić information content (AvgIpc) is 3.01. The molecule has 0 saturated carbocycles. The summed E-state index contributed by atoms with van der Waals surface area (Å²) in [4.78, 5) is 25.3. The van der Waals surface area contributed by atoms with Crippen LogP contribution in [0.3, 0.4) is 0 Å². The highest BCUT2D eigenvalue weighted by molar-refractivity contribution is 5.94. The van der Waals surface area contributed by atoms with E-state index in [0.29, 0.717) is 18.5 Å². The third-order valence-corrected chi connectivity index (χ3v) is 4.15. The van der Waals surface area contributed by atoms with Gasteiger partial charge in [0.2, 0.25) is 0 Å². The molecule has 1 unspecified atom stereocenters. The summed E-state index contributed by atoms with van der Waals surface area (Å²) in [7, 11) is 0. The van der Waals surface area contributed by atoms with Crippen molar-refractivity contribution in [3.05, 3.63) is 47.8 Å². The van der Waals surface area contributed by atoms with E-state index in [0.717, 1.165) is 17.7 Å². The highest BCUT2D eigenvalue weighted by atomic mass is 16.4. The fourth-order valence-electron chi connectivity index (χ4n) is 2.86. The molecule has 2 aromatic rings. The van der Waals surface area contributed by atoms with Crippen molar-refractivity contribution in [2.45, 2.75) is 19.8 Å². The number of carboxylic acids is 1. The van der Waals surface area contributed by atoms with Gasteiger partial charge >= 0.3 is 5.97 Å². The van der Waals surface area contributed by atoms with E-state index in [9.17, 15) is 9.59 Å². The fraction of sp³-hybridized carbons (Fsp3) is 0.353. The Morgan fingerprint density at radius 2 is 2.00 bits per heavy atom. The maximum absolute atomic E-state index is 12.5. The summed E-state index contributed by atoms with van der Waals surface area (Å²) in [5.41, 5.74) is 2.53. The number of carbonyl (C=O) groups excluding carboxylic acids is 1.